The highest BCUT2D eigenvalue weighted by atomic mass is 16.5. The van der Waals surface area contributed by atoms with Crippen LogP contribution in [0.1, 0.15) is 67.1 Å². The van der Waals surface area contributed by atoms with Crippen LogP contribution < -0.4 is 16.4 Å². The Hall–Kier alpha value is -2.42. The van der Waals surface area contributed by atoms with Gasteiger partial charge in [0.2, 0.25) is 0 Å². The lowest BCUT2D eigenvalue weighted by Gasteiger charge is -2.38. The Labute approximate surface area is 215 Å². The molecule has 3 rings (SSSR count). The second kappa shape index (κ2) is 11.3. The number of hydrogen-bond acceptors (Lipinski definition) is 7. The number of benzene rings is 1. The number of aromatic nitrogens is 3. The zero-order chi connectivity index (χ0) is 26.6. The number of hydrogen-bond donors (Lipinski definition) is 5. The molecule has 0 aliphatic carbocycles. The summed E-state index contributed by atoms with van der Waals surface area (Å²) in [5.74, 6) is 1.46. The molecule has 0 fully saturated rings. The first-order valence-electron chi connectivity index (χ1n) is 13.2. The first-order valence-corrected chi connectivity index (χ1v) is 13.2. The highest BCUT2D eigenvalue weighted by molar-refractivity contribution is 6.07. The molecule has 0 bridgehead atoms. The summed E-state index contributed by atoms with van der Waals surface area (Å²) in [6, 6.07) is 6.14. The normalized spacial score (nSPS) is 13.1. The Balaban J connectivity index is 1.52. The second-order valence-corrected chi connectivity index (χ2v) is 11.9. The van der Waals surface area contributed by atoms with Crippen LogP contribution in [-0.2, 0) is 11.2 Å². The molecule has 0 atom stereocenters. The lowest BCUT2D eigenvalue weighted by molar-refractivity contribution is -0.0900. The fourth-order valence-corrected chi connectivity index (χ4v) is 3.92. The van der Waals surface area contributed by atoms with Crippen LogP contribution in [0, 0.1) is 10.8 Å². The number of aliphatic hydroxyl groups is 1. The average molecular weight is 499 g/mol. The molecule has 2 heterocycles. The van der Waals surface area contributed by atoms with Gasteiger partial charge in [-0.15, -0.1) is 0 Å². The number of H-pyrrole nitrogens is 1. The number of ether oxygens (including phenoxy) is 1. The van der Waals surface area contributed by atoms with Gasteiger partial charge < -0.3 is 31.2 Å². The summed E-state index contributed by atoms with van der Waals surface area (Å²) in [7, 11) is 0. The number of nitrogen functional groups attached to an aromatic ring is 1. The molecule has 2 aromatic heterocycles. The Kier molecular flexibility index (Phi) is 8.85. The molecule has 1 aromatic carbocycles. The molecule has 0 saturated carbocycles. The summed E-state index contributed by atoms with van der Waals surface area (Å²) < 4.78 is 5.98. The minimum atomic E-state index is -0.785. The number of pyridine rings is 1. The van der Waals surface area contributed by atoms with E-state index in [-0.39, 0.29) is 10.8 Å². The molecule has 8 heteroatoms. The Bertz CT molecular complexity index is 1150. The highest BCUT2D eigenvalue weighted by Gasteiger charge is 2.35. The molecule has 0 saturated heterocycles. The lowest BCUT2D eigenvalue weighted by Crippen LogP contribution is -2.43. The quantitative estimate of drug-likeness (QED) is 0.201. The van der Waals surface area contributed by atoms with Gasteiger partial charge in [-0.2, -0.15) is 0 Å². The molecule has 3 aromatic rings. The number of nitrogens with one attached hydrogen (secondary N) is 3. The lowest BCUT2D eigenvalue weighted by atomic mass is 9.78. The number of aromatic amines is 1. The predicted molar refractivity (Wildman–Crippen MR) is 150 cm³/mol. The van der Waals surface area contributed by atoms with Crippen molar-refractivity contribution >= 4 is 33.4 Å². The van der Waals surface area contributed by atoms with E-state index in [1.807, 2.05) is 39.8 Å². The van der Waals surface area contributed by atoms with Crippen LogP contribution in [0.4, 0.5) is 11.5 Å². The number of aryl methyl sites for hydroxylation is 1. The predicted octanol–water partition coefficient (Wildman–Crippen LogP) is 4.88. The number of imidazole rings is 1. The summed E-state index contributed by atoms with van der Waals surface area (Å²) in [5, 5.41) is 18.4. The molecular weight excluding hydrogens is 452 g/mol. The summed E-state index contributed by atoms with van der Waals surface area (Å²) in [6.07, 6.45) is 3.12. The van der Waals surface area contributed by atoms with E-state index in [0.717, 1.165) is 72.3 Å². The van der Waals surface area contributed by atoms with E-state index in [1.54, 1.807) is 0 Å². The van der Waals surface area contributed by atoms with Gasteiger partial charge in [0.25, 0.3) is 0 Å². The van der Waals surface area contributed by atoms with Crippen LogP contribution >= 0.6 is 0 Å². The van der Waals surface area contributed by atoms with Gasteiger partial charge in [-0.05, 0) is 38.5 Å². The second-order valence-electron chi connectivity index (χ2n) is 11.9. The number of unbranched alkanes of at least 4 members (excludes halogenated alkanes) is 1. The van der Waals surface area contributed by atoms with Crippen LogP contribution in [-0.4, -0.2) is 58.5 Å². The van der Waals surface area contributed by atoms with Crippen LogP contribution in [0.15, 0.2) is 18.2 Å². The van der Waals surface area contributed by atoms with Gasteiger partial charge in [0.15, 0.2) is 0 Å². The maximum absolute atomic E-state index is 10.3. The van der Waals surface area contributed by atoms with E-state index in [1.165, 1.54) is 0 Å². The standard InChI is InChI=1S/C28H46N6O2/c1-8-9-10-22-33-23-20-15-19(11-12-21(20)32-25(29)24(23)34-22)31-14-13-30-16-26(2,3)17-36-18-27(4,5)28(6,7)35/h11-12,15,30-31,35H,8-10,13-14,16-18H2,1-7H3,(H2,29,32)(H,33,34). The fourth-order valence-electron chi connectivity index (χ4n) is 3.92. The van der Waals surface area contributed by atoms with Crippen molar-refractivity contribution in [3.63, 3.8) is 0 Å². The molecule has 0 aliphatic heterocycles. The topological polar surface area (TPSA) is 121 Å². The zero-order valence-electron chi connectivity index (χ0n) is 23.2. The van der Waals surface area contributed by atoms with Gasteiger partial charge in [0.1, 0.15) is 22.7 Å². The molecule has 200 valence electrons. The van der Waals surface area contributed by atoms with Gasteiger partial charge in [-0.3, -0.25) is 0 Å². The van der Waals surface area contributed by atoms with E-state index in [9.17, 15) is 5.11 Å². The number of rotatable bonds is 14. The van der Waals surface area contributed by atoms with Crippen LogP contribution in [0.5, 0.6) is 0 Å². The van der Waals surface area contributed by atoms with Crippen molar-refractivity contribution in [2.45, 2.75) is 73.3 Å². The van der Waals surface area contributed by atoms with Gasteiger partial charge >= 0.3 is 0 Å². The summed E-state index contributed by atoms with van der Waals surface area (Å²) in [6.45, 7) is 17.9. The Morgan fingerprint density at radius 3 is 2.50 bits per heavy atom. The van der Waals surface area contributed by atoms with E-state index >= 15 is 0 Å². The summed E-state index contributed by atoms with van der Waals surface area (Å²) in [5.41, 5.74) is 8.69. The van der Waals surface area contributed by atoms with Gasteiger partial charge in [-0.25, -0.2) is 9.97 Å². The number of nitrogens with zero attached hydrogens (tertiary/aromatic N) is 2. The number of fused-ring (bicyclic) bond motifs is 3. The molecule has 0 spiro atoms. The summed E-state index contributed by atoms with van der Waals surface area (Å²) in [4.78, 5) is 12.8. The highest BCUT2D eigenvalue weighted by Crippen LogP contribution is 2.31. The van der Waals surface area contributed by atoms with Gasteiger partial charge in [-0.1, -0.05) is 41.0 Å². The van der Waals surface area contributed by atoms with Crippen molar-refractivity contribution in [3.05, 3.63) is 24.0 Å². The monoisotopic (exact) mass is 498 g/mol. The molecule has 0 amide bonds. The van der Waals surface area contributed by atoms with Crippen molar-refractivity contribution in [2.75, 3.05) is 43.9 Å². The first kappa shape index (κ1) is 28.2. The summed E-state index contributed by atoms with van der Waals surface area (Å²) >= 11 is 0. The SMILES string of the molecule is CCCCc1nc2c([nH]1)c(N)nc1ccc(NCCNCC(C)(C)COCC(C)(C)C(C)(C)O)cc12. The molecule has 6 N–H and O–H groups in total. The maximum Gasteiger partial charge on any atom is 0.150 e. The minimum absolute atomic E-state index is 0.00866. The minimum Gasteiger partial charge on any atom is -0.390 e. The zero-order valence-corrected chi connectivity index (χ0v) is 23.2. The smallest absolute Gasteiger partial charge is 0.150 e. The molecule has 8 nitrogen and oxygen atoms in total. The van der Waals surface area contributed by atoms with Crippen LogP contribution in [0.2, 0.25) is 0 Å². The van der Waals surface area contributed by atoms with Crippen molar-refractivity contribution < 1.29 is 9.84 Å². The molecule has 0 radical (unpaired) electrons. The van der Waals surface area contributed by atoms with E-state index in [4.69, 9.17) is 15.5 Å². The first-order chi connectivity index (χ1) is 16.8. The van der Waals surface area contributed by atoms with Crippen LogP contribution in [0.25, 0.3) is 21.9 Å². The van der Waals surface area contributed by atoms with Crippen molar-refractivity contribution in [1.82, 2.24) is 20.3 Å². The fraction of sp³-hybridized carbons (Fsp3) is 0.643. The molecule has 0 aliphatic rings. The third-order valence-electron chi connectivity index (χ3n) is 7.12. The van der Waals surface area contributed by atoms with Crippen molar-refractivity contribution in [3.8, 4) is 0 Å². The van der Waals surface area contributed by atoms with Crippen molar-refractivity contribution in [2.24, 2.45) is 10.8 Å². The van der Waals surface area contributed by atoms with Gasteiger partial charge in [0, 0.05) is 48.0 Å². The van der Waals surface area contributed by atoms with E-state index in [0.29, 0.717) is 19.0 Å². The molecule has 0 unspecified atom stereocenters. The van der Waals surface area contributed by atoms with E-state index in [2.05, 4.69) is 47.4 Å². The third-order valence-corrected chi connectivity index (χ3v) is 7.12. The molecular formula is C28H46N6O2. The number of anilines is 2. The van der Waals surface area contributed by atoms with Crippen molar-refractivity contribution in [1.29, 1.82) is 0 Å². The Morgan fingerprint density at radius 2 is 1.81 bits per heavy atom. The maximum atomic E-state index is 10.3. The van der Waals surface area contributed by atoms with E-state index < -0.39 is 5.60 Å². The largest absolute Gasteiger partial charge is 0.390 e. The third kappa shape index (κ3) is 7.08. The Morgan fingerprint density at radius 1 is 1.06 bits per heavy atom. The average Bonchev–Trinajstić information content (AvgIpc) is 3.22. The van der Waals surface area contributed by atoms with Crippen LogP contribution in [0.3, 0.4) is 0 Å². The van der Waals surface area contributed by atoms with Gasteiger partial charge in [0.05, 0.1) is 24.3 Å². The number of nitrogens with two attached hydrogens (primary N) is 1. The molecule has 36 heavy (non-hydrogen) atoms.